The van der Waals surface area contributed by atoms with Crippen molar-refractivity contribution in [2.75, 3.05) is 5.73 Å². The molecule has 33 heavy (non-hydrogen) atoms. The van der Waals surface area contributed by atoms with E-state index in [-0.39, 0.29) is 5.41 Å². The molecule has 0 unspecified atom stereocenters. The Bertz CT molecular complexity index is 1530. The fraction of sp³-hybridized carbons (Fsp3) is 0.0323. The molecule has 5 aromatic carbocycles. The highest BCUT2D eigenvalue weighted by Gasteiger charge is 2.51. The quantitative estimate of drug-likeness (QED) is 0.234. The molecule has 0 aliphatic heterocycles. The number of para-hydroxylation sites is 1. The van der Waals surface area contributed by atoms with E-state index in [4.69, 9.17) is 5.73 Å². The van der Waals surface area contributed by atoms with E-state index in [9.17, 15) is 0 Å². The van der Waals surface area contributed by atoms with Crippen LogP contribution in [0.4, 0.5) is 5.69 Å². The smallest absolute Gasteiger partial charge is 0.0725 e. The molecule has 0 bridgehead atoms. The standard InChI is InChI=1S/C31H20BrN/c32-29-15-7-11-20(30(29)33)19-16-17-24-23-10-3-6-14-27(23)31(28(24)18-19)25-12-4-1-8-21(25)22-9-2-5-13-26(22)31/h1-18H,33H2. The molecule has 0 radical (unpaired) electrons. The van der Waals surface area contributed by atoms with Gasteiger partial charge in [0.15, 0.2) is 0 Å². The Morgan fingerprint density at radius 1 is 0.485 bits per heavy atom. The molecule has 7 rings (SSSR count). The average molecular weight is 486 g/mol. The van der Waals surface area contributed by atoms with Crippen LogP contribution >= 0.6 is 15.9 Å². The number of benzene rings is 5. The molecular formula is C31H20BrN. The van der Waals surface area contributed by atoms with Crippen molar-refractivity contribution in [3.05, 3.63) is 136 Å². The predicted octanol–water partition coefficient (Wildman–Crippen LogP) is 8.04. The van der Waals surface area contributed by atoms with Gasteiger partial charge in [0.2, 0.25) is 0 Å². The van der Waals surface area contributed by atoms with Gasteiger partial charge < -0.3 is 5.73 Å². The van der Waals surface area contributed by atoms with Gasteiger partial charge in [0.05, 0.1) is 11.1 Å². The highest BCUT2D eigenvalue weighted by molar-refractivity contribution is 9.10. The lowest BCUT2D eigenvalue weighted by Crippen LogP contribution is -2.25. The lowest BCUT2D eigenvalue weighted by Gasteiger charge is -2.30. The lowest BCUT2D eigenvalue weighted by atomic mass is 9.70. The maximum Gasteiger partial charge on any atom is 0.0725 e. The van der Waals surface area contributed by atoms with E-state index in [1.54, 1.807) is 0 Å². The van der Waals surface area contributed by atoms with Gasteiger partial charge in [-0.3, -0.25) is 0 Å². The minimum atomic E-state index is -0.324. The summed E-state index contributed by atoms with van der Waals surface area (Å²) in [5.74, 6) is 0. The number of nitrogen functional groups attached to an aromatic ring is 1. The van der Waals surface area contributed by atoms with E-state index < -0.39 is 0 Å². The summed E-state index contributed by atoms with van der Waals surface area (Å²) >= 11 is 3.61. The Balaban J connectivity index is 1.63. The zero-order valence-electron chi connectivity index (χ0n) is 17.8. The summed E-state index contributed by atoms with van der Waals surface area (Å²) in [5, 5.41) is 0. The first kappa shape index (κ1) is 18.9. The molecule has 0 heterocycles. The molecule has 0 saturated carbocycles. The third-order valence-corrected chi connectivity index (χ3v) is 8.05. The van der Waals surface area contributed by atoms with Crippen molar-refractivity contribution < 1.29 is 0 Å². The first-order valence-corrected chi connectivity index (χ1v) is 12.0. The van der Waals surface area contributed by atoms with Gasteiger partial charge in [0, 0.05) is 10.0 Å². The summed E-state index contributed by atoms with van der Waals surface area (Å²) in [6.07, 6.45) is 0. The molecular weight excluding hydrogens is 466 g/mol. The molecule has 2 aliphatic rings. The fourth-order valence-electron chi connectivity index (χ4n) is 6.05. The zero-order chi connectivity index (χ0) is 22.2. The van der Waals surface area contributed by atoms with Crippen LogP contribution in [-0.4, -0.2) is 0 Å². The third-order valence-electron chi connectivity index (χ3n) is 7.36. The number of hydrogen-bond acceptors (Lipinski definition) is 1. The molecule has 0 atom stereocenters. The molecule has 1 spiro atoms. The van der Waals surface area contributed by atoms with E-state index in [0.717, 1.165) is 21.3 Å². The molecule has 2 N–H and O–H groups in total. The van der Waals surface area contributed by atoms with E-state index in [0.29, 0.717) is 0 Å². The van der Waals surface area contributed by atoms with E-state index >= 15 is 0 Å². The summed E-state index contributed by atoms with van der Waals surface area (Å²) < 4.78 is 0.926. The van der Waals surface area contributed by atoms with Crippen LogP contribution in [0.1, 0.15) is 22.3 Å². The van der Waals surface area contributed by atoms with Crippen LogP contribution < -0.4 is 5.73 Å². The Kier molecular flexibility index (Phi) is 3.83. The van der Waals surface area contributed by atoms with Crippen molar-refractivity contribution in [1.82, 2.24) is 0 Å². The maximum atomic E-state index is 6.50. The zero-order valence-corrected chi connectivity index (χ0v) is 19.4. The van der Waals surface area contributed by atoms with Crippen molar-refractivity contribution in [3.63, 3.8) is 0 Å². The summed E-state index contributed by atoms with van der Waals surface area (Å²) in [5.41, 5.74) is 19.8. The lowest BCUT2D eigenvalue weighted by molar-refractivity contribution is 0.794. The predicted molar refractivity (Wildman–Crippen MR) is 140 cm³/mol. The summed E-state index contributed by atoms with van der Waals surface area (Å²) in [7, 11) is 0. The van der Waals surface area contributed by atoms with Gasteiger partial charge in [-0.25, -0.2) is 0 Å². The van der Waals surface area contributed by atoms with Crippen molar-refractivity contribution in [2.24, 2.45) is 0 Å². The fourth-order valence-corrected chi connectivity index (χ4v) is 6.42. The molecule has 0 fully saturated rings. The number of fused-ring (bicyclic) bond motifs is 10. The third kappa shape index (κ3) is 2.31. The Hall–Kier alpha value is -3.62. The van der Waals surface area contributed by atoms with Gasteiger partial charge >= 0.3 is 0 Å². The van der Waals surface area contributed by atoms with Gasteiger partial charge in [-0.1, -0.05) is 97.1 Å². The SMILES string of the molecule is Nc1c(Br)cccc1-c1ccc2c(c1)C1(c3ccccc3-c3ccccc31)c1ccccc1-2. The van der Waals surface area contributed by atoms with E-state index in [2.05, 4.69) is 113 Å². The summed E-state index contributed by atoms with van der Waals surface area (Å²) in [6.45, 7) is 0. The topological polar surface area (TPSA) is 26.0 Å². The number of nitrogens with two attached hydrogens (primary N) is 1. The van der Waals surface area contributed by atoms with Crippen molar-refractivity contribution >= 4 is 21.6 Å². The van der Waals surface area contributed by atoms with Gasteiger partial charge in [-0.05, 0) is 78.1 Å². The van der Waals surface area contributed by atoms with Gasteiger partial charge in [-0.15, -0.1) is 0 Å². The van der Waals surface area contributed by atoms with Gasteiger partial charge in [0.25, 0.3) is 0 Å². The largest absolute Gasteiger partial charge is 0.397 e. The molecule has 0 amide bonds. The van der Waals surface area contributed by atoms with Crippen LogP contribution in [0.3, 0.4) is 0 Å². The second-order valence-electron chi connectivity index (χ2n) is 8.85. The molecule has 1 nitrogen and oxygen atoms in total. The summed E-state index contributed by atoms with van der Waals surface area (Å²) in [6, 6.07) is 39.7. The van der Waals surface area contributed by atoms with Crippen LogP contribution in [-0.2, 0) is 5.41 Å². The average Bonchev–Trinajstić information content (AvgIpc) is 3.33. The van der Waals surface area contributed by atoms with Crippen LogP contribution in [0.25, 0.3) is 33.4 Å². The Morgan fingerprint density at radius 2 is 0.970 bits per heavy atom. The molecule has 5 aromatic rings. The van der Waals surface area contributed by atoms with Crippen LogP contribution in [0.15, 0.2) is 114 Å². The van der Waals surface area contributed by atoms with Gasteiger partial charge in [-0.2, -0.15) is 0 Å². The first-order valence-electron chi connectivity index (χ1n) is 11.2. The van der Waals surface area contributed by atoms with Crippen LogP contribution in [0.5, 0.6) is 0 Å². The molecule has 156 valence electrons. The highest BCUT2D eigenvalue weighted by Crippen LogP contribution is 2.63. The number of anilines is 1. The summed E-state index contributed by atoms with van der Waals surface area (Å²) in [4.78, 5) is 0. The Labute approximate surface area is 201 Å². The second kappa shape index (κ2) is 6.69. The molecule has 2 aliphatic carbocycles. The monoisotopic (exact) mass is 485 g/mol. The molecule has 0 aromatic heterocycles. The Morgan fingerprint density at radius 3 is 1.55 bits per heavy atom. The maximum absolute atomic E-state index is 6.50. The minimum Gasteiger partial charge on any atom is -0.397 e. The number of hydrogen-bond donors (Lipinski definition) is 1. The second-order valence-corrected chi connectivity index (χ2v) is 9.70. The highest BCUT2D eigenvalue weighted by atomic mass is 79.9. The molecule has 2 heteroatoms. The number of rotatable bonds is 1. The van der Waals surface area contributed by atoms with Crippen molar-refractivity contribution in [1.29, 1.82) is 0 Å². The molecule has 0 saturated heterocycles. The first-order chi connectivity index (χ1) is 16.2. The van der Waals surface area contributed by atoms with E-state index in [1.165, 1.54) is 44.5 Å². The van der Waals surface area contributed by atoms with Crippen molar-refractivity contribution in [2.45, 2.75) is 5.41 Å². The van der Waals surface area contributed by atoms with Gasteiger partial charge in [0.1, 0.15) is 0 Å². The van der Waals surface area contributed by atoms with E-state index in [1.807, 2.05) is 12.1 Å². The van der Waals surface area contributed by atoms with Crippen molar-refractivity contribution in [3.8, 4) is 33.4 Å². The van der Waals surface area contributed by atoms with Crippen LogP contribution in [0.2, 0.25) is 0 Å². The normalized spacial score (nSPS) is 14.0. The minimum absolute atomic E-state index is 0.324. The number of halogens is 1. The van der Waals surface area contributed by atoms with Crippen LogP contribution in [0, 0.1) is 0 Å².